The highest BCUT2D eigenvalue weighted by atomic mass is 16.5. The number of aliphatic carboxylic acids is 2. The first-order valence-corrected chi connectivity index (χ1v) is 7.50. The van der Waals surface area contributed by atoms with E-state index in [4.69, 9.17) is 10.5 Å². The lowest BCUT2D eigenvalue weighted by Gasteiger charge is -2.41. The minimum absolute atomic E-state index is 0.0302. The van der Waals surface area contributed by atoms with Gasteiger partial charge in [-0.2, -0.15) is 0 Å². The van der Waals surface area contributed by atoms with Gasteiger partial charge in [0.05, 0.1) is 5.57 Å². The van der Waals surface area contributed by atoms with Crippen molar-refractivity contribution in [1.29, 1.82) is 0 Å². The van der Waals surface area contributed by atoms with Crippen LogP contribution in [0.15, 0.2) is 22.8 Å². The van der Waals surface area contributed by atoms with Gasteiger partial charge in [0.25, 0.3) is 0 Å². The zero-order valence-corrected chi connectivity index (χ0v) is 13.4. The van der Waals surface area contributed by atoms with Crippen LogP contribution in [-0.4, -0.2) is 41.4 Å². The second-order valence-electron chi connectivity index (χ2n) is 5.59. The molecule has 0 fully saturated rings. The molecular weight excluding hydrogens is 286 g/mol. The highest BCUT2D eigenvalue weighted by Gasteiger charge is 2.52. The van der Waals surface area contributed by atoms with E-state index in [-0.39, 0.29) is 12.2 Å². The highest BCUT2D eigenvalue weighted by Crippen LogP contribution is 2.46. The first kappa shape index (κ1) is 18.4. The molecular formula is C16H25NO5. The second kappa shape index (κ2) is 7.56. The van der Waals surface area contributed by atoms with Gasteiger partial charge in [-0.25, -0.2) is 4.79 Å². The van der Waals surface area contributed by atoms with Gasteiger partial charge in [-0.05, 0) is 45.7 Å². The third-order valence-corrected chi connectivity index (χ3v) is 4.24. The van der Waals surface area contributed by atoms with Crippen LogP contribution >= 0.6 is 0 Å². The molecule has 22 heavy (non-hydrogen) atoms. The molecule has 0 aromatic heterocycles. The Labute approximate surface area is 130 Å². The maximum absolute atomic E-state index is 12.1. The van der Waals surface area contributed by atoms with E-state index < -0.39 is 23.5 Å². The fourth-order valence-corrected chi connectivity index (χ4v) is 3.13. The van der Waals surface area contributed by atoms with E-state index in [1.165, 1.54) is 0 Å². The number of carboxylic acids is 2. The van der Waals surface area contributed by atoms with Crippen LogP contribution in [0, 0.1) is 5.41 Å². The van der Waals surface area contributed by atoms with E-state index in [9.17, 15) is 19.8 Å². The van der Waals surface area contributed by atoms with Crippen LogP contribution in [0.5, 0.6) is 0 Å². The molecule has 1 rings (SSSR count). The van der Waals surface area contributed by atoms with E-state index in [1.807, 2.05) is 0 Å². The molecule has 0 aromatic carbocycles. The van der Waals surface area contributed by atoms with Crippen molar-refractivity contribution in [3.05, 3.63) is 22.8 Å². The number of nitrogens with two attached hydrogens (primary N) is 1. The van der Waals surface area contributed by atoms with Crippen molar-refractivity contribution in [2.45, 2.75) is 46.1 Å². The SMILES string of the molecule is CCOC1C(C(=O)O)=C(C)C=C(C)C1(CCCCN)C(=O)O. The molecule has 0 aliphatic heterocycles. The monoisotopic (exact) mass is 311 g/mol. The molecule has 0 saturated heterocycles. The lowest BCUT2D eigenvalue weighted by Crippen LogP contribution is -2.49. The van der Waals surface area contributed by atoms with Gasteiger partial charge in [0, 0.05) is 6.61 Å². The van der Waals surface area contributed by atoms with Crippen LogP contribution in [0.4, 0.5) is 0 Å². The summed E-state index contributed by atoms with van der Waals surface area (Å²) in [6, 6.07) is 0. The van der Waals surface area contributed by atoms with Gasteiger partial charge in [-0.1, -0.05) is 18.1 Å². The summed E-state index contributed by atoms with van der Waals surface area (Å²) in [4.78, 5) is 23.7. The molecule has 6 heteroatoms. The van der Waals surface area contributed by atoms with Gasteiger partial charge in [-0.15, -0.1) is 0 Å². The first-order valence-electron chi connectivity index (χ1n) is 7.50. The normalized spacial score (nSPS) is 25.1. The smallest absolute Gasteiger partial charge is 0.334 e. The van der Waals surface area contributed by atoms with E-state index in [1.54, 1.807) is 26.8 Å². The fraction of sp³-hybridized carbons (Fsp3) is 0.625. The largest absolute Gasteiger partial charge is 0.481 e. The Kier molecular flexibility index (Phi) is 6.32. The maximum Gasteiger partial charge on any atom is 0.334 e. The Morgan fingerprint density at radius 1 is 1.32 bits per heavy atom. The number of hydrogen-bond donors (Lipinski definition) is 3. The number of hydrogen-bond acceptors (Lipinski definition) is 4. The quantitative estimate of drug-likeness (QED) is 0.591. The zero-order chi connectivity index (χ0) is 16.9. The molecule has 0 spiro atoms. The first-order chi connectivity index (χ1) is 10.3. The van der Waals surface area contributed by atoms with E-state index in [2.05, 4.69) is 0 Å². The fourth-order valence-electron chi connectivity index (χ4n) is 3.13. The molecule has 1 aliphatic carbocycles. The lowest BCUT2D eigenvalue weighted by atomic mass is 9.66. The number of unbranched alkanes of at least 4 members (excludes halogenated alkanes) is 1. The third kappa shape index (κ3) is 3.23. The molecule has 124 valence electrons. The van der Waals surface area contributed by atoms with Crippen LogP contribution in [0.2, 0.25) is 0 Å². The number of ether oxygens (including phenoxy) is 1. The summed E-state index contributed by atoms with van der Waals surface area (Å²) in [5.74, 6) is -2.19. The van der Waals surface area contributed by atoms with Crippen molar-refractivity contribution < 1.29 is 24.5 Å². The van der Waals surface area contributed by atoms with Gasteiger partial charge >= 0.3 is 11.9 Å². The van der Waals surface area contributed by atoms with Crippen molar-refractivity contribution >= 4 is 11.9 Å². The van der Waals surface area contributed by atoms with Crippen molar-refractivity contribution in [3.63, 3.8) is 0 Å². The van der Waals surface area contributed by atoms with E-state index in [0.29, 0.717) is 37.0 Å². The topological polar surface area (TPSA) is 110 Å². The minimum atomic E-state index is -1.35. The summed E-state index contributed by atoms with van der Waals surface area (Å²) >= 11 is 0. The molecule has 2 unspecified atom stereocenters. The number of carbonyl (C=O) groups is 2. The summed E-state index contributed by atoms with van der Waals surface area (Å²) in [5, 5.41) is 19.4. The van der Waals surface area contributed by atoms with E-state index in [0.717, 1.165) is 0 Å². The predicted molar refractivity (Wildman–Crippen MR) is 82.5 cm³/mol. The van der Waals surface area contributed by atoms with Crippen LogP contribution in [0.3, 0.4) is 0 Å². The van der Waals surface area contributed by atoms with Gasteiger partial charge in [-0.3, -0.25) is 4.79 Å². The van der Waals surface area contributed by atoms with Gasteiger partial charge < -0.3 is 20.7 Å². The van der Waals surface area contributed by atoms with Crippen molar-refractivity contribution in [1.82, 2.24) is 0 Å². The molecule has 2 atom stereocenters. The molecule has 4 N–H and O–H groups in total. The van der Waals surface area contributed by atoms with Crippen molar-refractivity contribution in [2.75, 3.05) is 13.2 Å². The zero-order valence-electron chi connectivity index (χ0n) is 13.4. The molecule has 0 aromatic rings. The van der Waals surface area contributed by atoms with Crippen molar-refractivity contribution in [3.8, 4) is 0 Å². The Hall–Kier alpha value is -1.66. The van der Waals surface area contributed by atoms with Crippen LogP contribution in [-0.2, 0) is 14.3 Å². The molecule has 6 nitrogen and oxygen atoms in total. The molecule has 0 radical (unpaired) electrons. The summed E-state index contributed by atoms with van der Waals surface area (Å²) < 4.78 is 5.61. The molecule has 0 saturated carbocycles. The van der Waals surface area contributed by atoms with Crippen molar-refractivity contribution in [2.24, 2.45) is 11.1 Å². The highest BCUT2D eigenvalue weighted by molar-refractivity contribution is 5.93. The minimum Gasteiger partial charge on any atom is -0.481 e. The van der Waals surface area contributed by atoms with Gasteiger partial charge in [0.2, 0.25) is 0 Å². The Bertz CT molecular complexity index is 509. The number of allylic oxidation sites excluding steroid dienone is 2. The Balaban J connectivity index is 3.41. The molecule has 0 bridgehead atoms. The molecule has 0 heterocycles. The van der Waals surface area contributed by atoms with Crippen LogP contribution in [0.25, 0.3) is 0 Å². The predicted octanol–water partition coefficient (Wildman–Crippen LogP) is 1.95. The molecule has 1 aliphatic rings. The van der Waals surface area contributed by atoms with Gasteiger partial charge in [0.15, 0.2) is 0 Å². The maximum atomic E-state index is 12.1. The van der Waals surface area contributed by atoms with E-state index >= 15 is 0 Å². The Morgan fingerprint density at radius 3 is 2.41 bits per heavy atom. The molecule has 0 amide bonds. The summed E-state index contributed by atoms with van der Waals surface area (Å²) in [6.07, 6.45) is 2.25. The standard InChI is InChI=1S/C16H25NO5/c1-4-22-13-12(14(18)19)10(2)9-11(3)16(13,15(20)21)7-5-6-8-17/h9,13H,4-8,17H2,1-3H3,(H,18,19)(H,20,21). The summed E-state index contributed by atoms with van der Waals surface area (Å²) in [6.45, 7) is 5.84. The number of rotatable bonds is 8. The summed E-state index contributed by atoms with van der Waals surface area (Å²) in [5.41, 5.74) is 5.34. The Morgan fingerprint density at radius 2 is 1.95 bits per heavy atom. The van der Waals surface area contributed by atoms with Crippen LogP contribution in [0.1, 0.15) is 40.0 Å². The average molecular weight is 311 g/mol. The lowest BCUT2D eigenvalue weighted by molar-refractivity contribution is -0.156. The average Bonchev–Trinajstić information content (AvgIpc) is 2.41. The number of carboxylic acid groups (broad SMARTS) is 2. The van der Waals surface area contributed by atoms with Gasteiger partial charge in [0.1, 0.15) is 11.5 Å². The second-order valence-corrected chi connectivity index (χ2v) is 5.59. The summed E-state index contributed by atoms with van der Waals surface area (Å²) in [7, 11) is 0. The van der Waals surface area contributed by atoms with Crippen LogP contribution < -0.4 is 5.73 Å². The third-order valence-electron chi connectivity index (χ3n) is 4.24.